The lowest BCUT2D eigenvalue weighted by Gasteiger charge is -2.31. The molecular weight excluding hydrogens is 264 g/mol. The highest BCUT2D eigenvalue weighted by Crippen LogP contribution is 2.37. The zero-order valence-electron chi connectivity index (χ0n) is 14.1. The summed E-state index contributed by atoms with van der Waals surface area (Å²) < 4.78 is 0. The van der Waals surface area contributed by atoms with Gasteiger partial charge >= 0.3 is 0 Å². The molecule has 4 N–H and O–H groups in total. The molecule has 4 heteroatoms. The third-order valence-corrected chi connectivity index (χ3v) is 5.12. The normalized spacial score (nSPS) is 19.5. The van der Waals surface area contributed by atoms with E-state index in [4.69, 9.17) is 5.73 Å². The predicted octanol–water partition coefficient (Wildman–Crippen LogP) is 2.45. The lowest BCUT2D eigenvalue weighted by Crippen LogP contribution is -2.38. The number of rotatable bonds is 8. The summed E-state index contributed by atoms with van der Waals surface area (Å²) in [5.74, 6) is 0.590. The quantitative estimate of drug-likeness (QED) is 0.644. The van der Waals surface area contributed by atoms with E-state index in [-0.39, 0.29) is 23.3 Å². The Kier molecular flexibility index (Phi) is 7.14. The summed E-state index contributed by atoms with van der Waals surface area (Å²) in [6.07, 6.45) is 6.81. The fourth-order valence-electron chi connectivity index (χ4n) is 3.41. The number of aliphatic hydroxyl groups excluding tert-OH is 1. The first-order chi connectivity index (χ1) is 9.83. The molecule has 4 nitrogen and oxygen atoms in total. The highest BCUT2D eigenvalue weighted by Gasteiger charge is 2.33. The Bertz CT molecular complexity index is 317. The van der Waals surface area contributed by atoms with Gasteiger partial charge in [0.2, 0.25) is 5.91 Å². The third-order valence-electron chi connectivity index (χ3n) is 5.12. The SMILES string of the molecule is CC(C)(C)C(CCN)CCC(=O)NCC1(CO)CCCC1. The van der Waals surface area contributed by atoms with Gasteiger partial charge in [-0.3, -0.25) is 4.79 Å². The van der Waals surface area contributed by atoms with Crippen molar-refractivity contribution >= 4 is 5.91 Å². The second-order valence-corrected chi connectivity index (χ2v) is 7.82. The van der Waals surface area contributed by atoms with Crippen LogP contribution in [0.25, 0.3) is 0 Å². The smallest absolute Gasteiger partial charge is 0.220 e. The van der Waals surface area contributed by atoms with Crippen LogP contribution >= 0.6 is 0 Å². The summed E-state index contributed by atoms with van der Waals surface area (Å²) in [6.45, 7) is 8.13. The Morgan fingerprint density at radius 2 is 1.90 bits per heavy atom. The predicted molar refractivity (Wildman–Crippen MR) is 86.8 cm³/mol. The Hall–Kier alpha value is -0.610. The van der Waals surface area contributed by atoms with Crippen LogP contribution in [-0.2, 0) is 4.79 Å². The van der Waals surface area contributed by atoms with Crippen molar-refractivity contribution < 1.29 is 9.90 Å². The Balaban J connectivity index is 2.36. The number of carbonyl (C=O) groups is 1. The zero-order chi connectivity index (χ0) is 15.9. The molecule has 0 heterocycles. The highest BCUT2D eigenvalue weighted by molar-refractivity contribution is 5.75. The Morgan fingerprint density at radius 1 is 1.29 bits per heavy atom. The van der Waals surface area contributed by atoms with E-state index in [1.807, 2.05) is 0 Å². The van der Waals surface area contributed by atoms with E-state index in [1.54, 1.807) is 0 Å². The van der Waals surface area contributed by atoms with Gasteiger partial charge in [-0.2, -0.15) is 0 Å². The molecule has 0 aromatic heterocycles. The summed E-state index contributed by atoms with van der Waals surface area (Å²) in [5, 5.41) is 12.6. The number of nitrogens with one attached hydrogen (secondary N) is 1. The molecule has 0 bridgehead atoms. The van der Waals surface area contributed by atoms with Gasteiger partial charge in [0.1, 0.15) is 0 Å². The molecule has 1 atom stereocenters. The van der Waals surface area contributed by atoms with E-state index in [1.165, 1.54) is 12.8 Å². The Labute approximate surface area is 129 Å². The minimum Gasteiger partial charge on any atom is -0.396 e. The maximum Gasteiger partial charge on any atom is 0.220 e. The zero-order valence-corrected chi connectivity index (χ0v) is 14.1. The number of hydrogen-bond acceptors (Lipinski definition) is 3. The van der Waals surface area contributed by atoms with Crippen molar-refractivity contribution in [2.45, 2.75) is 65.7 Å². The highest BCUT2D eigenvalue weighted by atomic mass is 16.3. The molecule has 1 saturated carbocycles. The molecule has 0 spiro atoms. The van der Waals surface area contributed by atoms with Crippen molar-refractivity contribution in [1.82, 2.24) is 5.32 Å². The maximum absolute atomic E-state index is 12.1. The summed E-state index contributed by atoms with van der Waals surface area (Å²) in [7, 11) is 0. The van der Waals surface area contributed by atoms with Gasteiger partial charge in [0.15, 0.2) is 0 Å². The van der Waals surface area contributed by atoms with Crippen molar-refractivity contribution in [1.29, 1.82) is 0 Å². The van der Waals surface area contributed by atoms with Crippen molar-refractivity contribution in [3.63, 3.8) is 0 Å². The number of carbonyl (C=O) groups excluding carboxylic acids is 1. The van der Waals surface area contributed by atoms with Crippen LogP contribution in [0.2, 0.25) is 0 Å². The van der Waals surface area contributed by atoms with Crippen LogP contribution in [-0.4, -0.2) is 30.7 Å². The standard InChI is InChI=1S/C17H34N2O2/c1-16(2,3)14(8-11-18)6-7-15(21)19-12-17(13-20)9-4-5-10-17/h14,20H,4-13,18H2,1-3H3,(H,19,21). The molecular formula is C17H34N2O2. The van der Waals surface area contributed by atoms with E-state index < -0.39 is 0 Å². The number of amides is 1. The van der Waals surface area contributed by atoms with Gasteiger partial charge < -0.3 is 16.2 Å². The average molecular weight is 298 g/mol. The van der Waals surface area contributed by atoms with Crippen LogP contribution in [0.4, 0.5) is 0 Å². The third kappa shape index (κ3) is 5.95. The number of hydrogen-bond donors (Lipinski definition) is 3. The number of nitrogens with two attached hydrogens (primary N) is 1. The molecule has 1 aliphatic rings. The molecule has 0 aromatic carbocycles. The molecule has 1 amide bonds. The van der Waals surface area contributed by atoms with Gasteiger partial charge in [-0.05, 0) is 43.6 Å². The molecule has 1 fully saturated rings. The van der Waals surface area contributed by atoms with Gasteiger partial charge in [0.05, 0.1) is 6.61 Å². The molecule has 1 rings (SSSR count). The van der Waals surface area contributed by atoms with Crippen LogP contribution in [0.5, 0.6) is 0 Å². The topological polar surface area (TPSA) is 75.4 Å². The molecule has 0 saturated heterocycles. The largest absolute Gasteiger partial charge is 0.396 e. The lowest BCUT2D eigenvalue weighted by molar-refractivity contribution is -0.122. The van der Waals surface area contributed by atoms with E-state index in [2.05, 4.69) is 26.1 Å². The summed E-state index contributed by atoms with van der Waals surface area (Å²) >= 11 is 0. The van der Waals surface area contributed by atoms with Crippen molar-refractivity contribution in [2.75, 3.05) is 19.7 Å². The van der Waals surface area contributed by atoms with E-state index in [0.29, 0.717) is 25.4 Å². The second kappa shape index (κ2) is 8.14. The first-order valence-corrected chi connectivity index (χ1v) is 8.41. The van der Waals surface area contributed by atoms with Crippen LogP contribution in [0.1, 0.15) is 65.7 Å². The Morgan fingerprint density at radius 3 is 2.38 bits per heavy atom. The van der Waals surface area contributed by atoms with Gasteiger partial charge in [-0.1, -0.05) is 33.6 Å². The van der Waals surface area contributed by atoms with Crippen molar-refractivity contribution in [2.24, 2.45) is 22.5 Å². The lowest BCUT2D eigenvalue weighted by atomic mass is 9.76. The molecule has 124 valence electrons. The molecule has 0 aromatic rings. The minimum absolute atomic E-state index is 0.0592. The summed E-state index contributed by atoms with van der Waals surface area (Å²) in [5.41, 5.74) is 5.81. The molecule has 0 radical (unpaired) electrons. The van der Waals surface area contributed by atoms with Crippen molar-refractivity contribution in [3.05, 3.63) is 0 Å². The van der Waals surface area contributed by atoms with E-state index in [9.17, 15) is 9.90 Å². The first-order valence-electron chi connectivity index (χ1n) is 8.41. The minimum atomic E-state index is -0.0592. The fourth-order valence-corrected chi connectivity index (χ4v) is 3.41. The average Bonchev–Trinajstić information content (AvgIpc) is 2.89. The molecule has 1 unspecified atom stereocenters. The van der Waals surface area contributed by atoms with Gasteiger partial charge in [0, 0.05) is 18.4 Å². The maximum atomic E-state index is 12.1. The first kappa shape index (κ1) is 18.4. The van der Waals surface area contributed by atoms with Crippen LogP contribution in [0.15, 0.2) is 0 Å². The summed E-state index contributed by atoms with van der Waals surface area (Å²) in [6, 6.07) is 0. The summed E-state index contributed by atoms with van der Waals surface area (Å²) in [4.78, 5) is 12.1. The van der Waals surface area contributed by atoms with Crippen LogP contribution in [0.3, 0.4) is 0 Å². The van der Waals surface area contributed by atoms with Gasteiger partial charge in [-0.15, -0.1) is 0 Å². The van der Waals surface area contributed by atoms with Crippen molar-refractivity contribution in [3.8, 4) is 0 Å². The van der Waals surface area contributed by atoms with Gasteiger partial charge in [-0.25, -0.2) is 0 Å². The molecule has 21 heavy (non-hydrogen) atoms. The van der Waals surface area contributed by atoms with Gasteiger partial charge in [0.25, 0.3) is 0 Å². The van der Waals surface area contributed by atoms with E-state index >= 15 is 0 Å². The molecule has 1 aliphatic carbocycles. The number of aliphatic hydroxyl groups is 1. The van der Waals surface area contributed by atoms with Crippen LogP contribution < -0.4 is 11.1 Å². The van der Waals surface area contributed by atoms with E-state index in [0.717, 1.165) is 25.7 Å². The van der Waals surface area contributed by atoms with Crippen LogP contribution in [0, 0.1) is 16.7 Å². The molecule has 0 aliphatic heterocycles. The monoisotopic (exact) mass is 298 g/mol. The fraction of sp³-hybridized carbons (Fsp3) is 0.941. The second-order valence-electron chi connectivity index (χ2n) is 7.82.